The summed E-state index contributed by atoms with van der Waals surface area (Å²) in [6.45, 7) is 8.19. The molecule has 0 radical (unpaired) electrons. The van der Waals surface area contributed by atoms with Crippen molar-refractivity contribution in [3.63, 3.8) is 0 Å². The molecule has 102 valence electrons. The number of rotatable bonds is 7. The normalized spacial score (nSPS) is 20.5. The summed E-state index contributed by atoms with van der Waals surface area (Å²) in [5, 5.41) is 3.53. The number of nitrogens with zero attached hydrogens (tertiary/aromatic N) is 1. The molecule has 1 aliphatic carbocycles. The molecule has 0 spiro atoms. The number of hydrogen-bond acceptors (Lipinski definition) is 2. The van der Waals surface area contributed by atoms with Gasteiger partial charge in [0.15, 0.2) is 0 Å². The molecule has 0 aromatic carbocycles. The van der Waals surface area contributed by atoms with Crippen LogP contribution in [0.4, 0.5) is 0 Å². The third-order valence-corrected chi connectivity index (χ3v) is 3.97. The maximum absolute atomic E-state index is 3.53. The van der Waals surface area contributed by atoms with Gasteiger partial charge < -0.3 is 10.2 Å². The van der Waals surface area contributed by atoms with Crippen molar-refractivity contribution in [2.45, 2.75) is 64.8 Å². The van der Waals surface area contributed by atoms with Crippen molar-refractivity contribution in [2.75, 3.05) is 26.7 Å². The predicted octanol–water partition coefficient (Wildman–Crippen LogP) is 3.28. The first-order valence-corrected chi connectivity index (χ1v) is 7.65. The van der Waals surface area contributed by atoms with Gasteiger partial charge in [-0.15, -0.1) is 0 Å². The maximum atomic E-state index is 3.53. The van der Waals surface area contributed by atoms with Gasteiger partial charge in [0, 0.05) is 12.6 Å². The van der Waals surface area contributed by atoms with Crippen LogP contribution in [0.15, 0.2) is 0 Å². The van der Waals surface area contributed by atoms with Crippen LogP contribution in [0.1, 0.15) is 58.8 Å². The fourth-order valence-corrected chi connectivity index (χ4v) is 2.93. The van der Waals surface area contributed by atoms with E-state index in [1.165, 1.54) is 58.0 Å². The fraction of sp³-hybridized carbons (Fsp3) is 1.00. The average molecular weight is 240 g/mol. The molecule has 1 rings (SSSR count). The van der Waals surface area contributed by atoms with Crippen molar-refractivity contribution >= 4 is 0 Å². The first kappa shape index (κ1) is 15.0. The van der Waals surface area contributed by atoms with E-state index in [-0.39, 0.29) is 0 Å². The van der Waals surface area contributed by atoms with E-state index in [4.69, 9.17) is 0 Å². The summed E-state index contributed by atoms with van der Waals surface area (Å²) in [7, 11) is 2.33. The van der Waals surface area contributed by atoms with E-state index in [0.29, 0.717) is 0 Å². The highest BCUT2D eigenvalue weighted by Crippen LogP contribution is 2.21. The highest BCUT2D eigenvalue weighted by molar-refractivity contribution is 4.74. The van der Waals surface area contributed by atoms with Crippen LogP contribution >= 0.6 is 0 Å². The van der Waals surface area contributed by atoms with E-state index in [2.05, 4.69) is 31.1 Å². The smallest absolute Gasteiger partial charge is 0.00923 e. The number of nitrogens with one attached hydrogen (secondary N) is 1. The van der Waals surface area contributed by atoms with Crippen LogP contribution < -0.4 is 5.32 Å². The lowest BCUT2D eigenvalue weighted by Crippen LogP contribution is -2.37. The van der Waals surface area contributed by atoms with Crippen molar-refractivity contribution in [1.29, 1.82) is 0 Å². The molecule has 0 bridgehead atoms. The molecule has 0 heterocycles. The van der Waals surface area contributed by atoms with E-state index in [9.17, 15) is 0 Å². The van der Waals surface area contributed by atoms with Gasteiger partial charge in [-0.05, 0) is 45.3 Å². The standard InChI is InChI=1S/C15H32N2/c1-4-11-16-12-14(2)13-17(3)15-9-7-5-6-8-10-15/h14-16H,4-13H2,1-3H3. The zero-order valence-electron chi connectivity index (χ0n) is 12.2. The molecule has 1 unspecified atom stereocenters. The minimum absolute atomic E-state index is 0.773. The monoisotopic (exact) mass is 240 g/mol. The van der Waals surface area contributed by atoms with Gasteiger partial charge in [-0.2, -0.15) is 0 Å². The van der Waals surface area contributed by atoms with Gasteiger partial charge in [-0.1, -0.05) is 39.5 Å². The van der Waals surface area contributed by atoms with Crippen LogP contribution in [0.2, 0.25) is 0 Å². The van der Waals surface area contributed by atoms with Crippen LogP contribution in [-0.2, 0) is 0 Å². The van der Waals surface area contributed by atoms with Crippen molar-refractivity contribution < 1.29 is 0 Å². The highest BCUT2D eigenvalue weighted by Gasteiger charge is 2.18. The summed E-state index contributed by atoms with van der Waals surface area (Å²) >= 11 is 0. The largest absolute Gasteiger partial charge is 0.316 e. The predicted molar refractivity (Wildman–Crippen MR) is 76.4 cm³/mol. The van der Waals surface area contributed by atoms with E-state index in [1.807, 2.05) is 0 Å². The Balaban J connectivity index is 2.19. The Bertz CT molecular complexity index is 174. The van der Waals surface area contributed by atoms with Crippen molar-refractivity contribution in [1.82, 2.24) is 10.2 Å². The van der Waals surface area contributed by atoms with Crippen LogP contribution in [-0.4, -0.2) is 37.6 Å². The Kier molecular flexibility index (Phi) is 7.87. The molecule has 1 aliphatic rings. The van der Waals surface area contributed by atoms with Gasteiger partial charge in [-0.3, -0.25) is 0 Å². The Hall–Kier alpha value is -0.0800. The SMILES string of the molecule is CCCNCC(C)CN(C)C1CCCCCC1. The molecule has 1 fully saturated rings. The number of hydrogen-bond donors (Lipinski definition) is 1. The first-order chi connectivity index (χ1) is 8.24. The summed E-state index contributed by atoms with van der Waals surface area (Å²) in [5.41, 5.74) is 0. The fourth-order valence-electron chi connectivity index (χ4n) is 2.93. The van der Waals surface area contributed by atoms with Gasteiger partial charge in [0.1, 0.15) is 0 Å². The molecule has 0 amide bonds. The molecule has 0 aromatic rings. The van der Waals surface area contributed by atoms with E-state index < -0.39 is 0 Å². The maximum Gasteiger partial charge on any atom is 0.00923 e. The lowest BCUT2D eigenvalue weighted by molar-refractivity contribution is 0.192. The summed E-state index contributed by atoms with van der Waals surface area (Å²) < 4.78 is 0. The highest BCUT2D eigenvalue weighted by atomic mass is 15.1. The molecule has 1 saturated carbocycles. The van der Waals surface area contributed by atoms with Crippen LogP contribution in [0.25, 0.3) is 0 Å². The zero-order chi connectivity index (χ0) is 12.5. The molecule has 17 heavy (non-hydrogen) atoms. The van der Waals surface area contributed by atoms with E-state index >= 15 is 0 Å². The summed E-state index contributed by atoms with van der Waals surface area (Å²) in [6.07, 6.45) is 9.88. The molecule has 1 N–H and O–H groups in total. The lowest BCUT2D eigenvalue weighted by atomic mass is 10.1. The third-order valence-electron chi connectivity index (χ3n) is 3.97. The first-order valence-electron chi connectivity index (χ1n) is 7.65. The Labute approximate surface area is 108 Å². The Morgan fingerprint density at radius 3 is 2.41 bits per heavy atom. The minimum Gasteiger partial charge on any atom is -0.316 e. The van der Waals surface area contributed by atoms with Gasteiger partial charge in [-0.25, -0.2) is 0 Å². The van der Waals surface area contributed by atoms with E-state index in [0.717, 1.165) is 18.5 Å². The zero-order valence-corrected chi connectivity index (χ0v) is 12.2. The minimum atomic E-state index is 0.773. The van der Waals surface area contributed by atoms with Gasteiger partial charge in [0.05, 0.1) is 0 Å². The third kappa shape index (κ3) is 6.42. The van der Waals surface area contributed by atoms with Crippen LogP contribution in [0, 0.1) is 5.92 Å². The molecular formula is C15H32N2. The molecule has 2 heteroatoms. The lowest BCUT2D eigenvalue weighted by Gasteiger charge is -2.29. The summed E-state index contributed by atoms with van der Waals surface area (Å²) in [5.74, 6) is 0.773. The molecule has 0 aliphatic heterocycles. The molecule has 0 saturated heterocycles. The Morgan fingerprint density at radius 2 is 1.82 bits per heavy atom. The second-order valence-corrected chi connectivity index (χ2v) is 5.89. The second kappa shape index (κ2) is 8.93. The van der Waals surface area contributed by atoms with Crippen molar-refractivity contribution in [2.24, 2.45) is 5.92 Å². The Morgan fingerprint density at radius 1 is 1.18 bits per heavy atom. The molecule has 0 aromatic heterocycles. The van der Waals surface area contributed by atoms with E-state index in [1.54, 1.807) is 0 Å². The quantitative estimate of drug-likeness (QED) is 0.543. The van der Waals surface area contributed by atoms with Crippen molar-refractivity contribution in [3.8, 4) is 0 Å². The molecule has 1 atom stereocenters. The molecular weight excluding hydrogens is 208 g/mol. The topological polar surface area (TPSA) is 15.3 Å². The second-order valence-electron chi connectivity index (χ2n) is 5.89. The summed E-state index contributed by atoms with van der Waals surface area (Å²) in [6, 6.07) is 0.853. The van der Waals surface area contributed by atoms with Crippen molar-refractivity contribution in [3.05, 3.63) is 0 Å². The van der Waals surface area contributed by atoms with Gasteiger partial charge in [0.25, 0.3) is 0 Å². The summed E-state index contributed by atoms with van der Waals surface area (Å²) in [4.78, 5) is 2.61. The molecule has 2 nitrogen and oxygen atoms in total. The van der Waals surface area contributed by atoms with Crippen LogP contribution in [0.5, 0.6) is 0 Å². The average Bonchev–Trinajstić information content (AvgIpc) is 2.57. The van der Waals surface area contributed by atoms with Gasteiger partial charge >= 0.3 is 0 Å². The van der Waals surface area contributed by atoms with Gasteiger partial charge in [0.2, 0.25) is 0 Å². The van der Waals surface area contributed by atoms with Crippen LogP contribution in [0.3, 0.4) is 0 Å².